The molecule has 0 aromatic heterocycles. The van der Waals surface area contributed by atoms with Crippen LogP contribution in [0.2, 0.25) is 0 Å². The molecule has 0 spiro atoms. The molecule has 2 N–H and O–H groups in total. The van der Waals surface area contributed by atoms with Crippen LogP contribution in [-0.2, 0) is 4.79 Å². The van der Waals surface area contributed by atoms with Gasteiger partial charge in [0.2, 0.25) is 5.91 Å². The molecule has 1 aliphatic heterocycles. The van der Waals surface area contributed by atoms with Crippen molar-refractivity contribution in [3.05, 3.63) is 0 Å². The van der Waals surface area contributed by atoms with Gasteiger partial charge in [-0.25, -0.2) is 0 Å². The number of hydrogen-bond acceptors (Lipinski definition) is 4. The number of nitriles is 1. The maximum absolute atomic E-state index is 11.7. The van der Waals surface area contributed by atoms with Crippen molar-refractivity contribution in [1.29, 1.82) is 5.26 Å². The average molecular weight is 269 g/mol. The van der Waals surface area contributed by atoms with E-state index in [4.69, 9.17) is 11.0 Å². The van der Waals surface area contributed by atoms with Crippen LogP contribution in [0.3, 0.4) is 0 Å². The summed E-state index contributed by atoms with van der Waals surface area (Å²) in [5, 5.41) is 8.93. The van der Waals surface area contributed by atoms with Crippen molar-refractivity contribution in [1.82, 2.24) is 4.90 Å². The lowest BCUT2D eigenvalue weighted by Gasteiger charge is -2.19. The second kappa shape index (κ2) is 7.65. The van der Waals surface area contributed by atoms with E-state index in [1.807, 2.05) is 11.8 Å². The van der Waals surface area contributed by atoms with Crippen LogP contribution in [0.25, 0.3) is 0 Å². The zero-order valence-electron chi connectivity index (χ0n) is 11.2. The summed E-state index contributed by atoms with van der Waals surface area (Å²) in [5.41, 5.74) is 5.21. The van der Waals surface area contributed by atoms with Crippen molar-refractivity contribution >= 4 is 17.7 Å². The van der Waals surface area contributed by atoms with Crippen LogP contribution < -0.4 is 5.73 Å². The van der Waals surface area contributed by atoms with E-state index in [0.29, 0.717) is 18.6 Å². The molecule has 102 valence electrons. The SMILES string of the molecule is CCC(N)(C#N)CCCSCC(=O)N1CCCC1. The lowest BCUT2D eigenvalue weighted by atomic mass is 9.94. The van der Waals surface area contributed by atoms with E-state index in [0.717, 1.165) is 38.1 Å². The van der Waals surface area contributed by atoms with Crippen LogP contribution >= 0.6 is 11.8 Å². The van der Waals surface area contributed by atoms with Crippen molar-refractivity contribution < 1.29 is 4.79 Å². The summed E-state index contributed by atoms with van der Waals surface area (Å²) in [7, 11) is 0. The van der Waals surface area contributed by atoms with Crippen LogP contribution in [0, 0.1) is 11.3 Å². The van der Waals surface area contributed by atoms with Gasteiger partial charge >= 0.3 is 0 Å². The summed E-state index contributed by atoms with van der Waals surface area (Å²) >= 11 is 1.65. The molecule has 1 amide bonds. The Morgan fingerprint density at radius 1 is 1.50 bits per heavy atom. The summed E-state index contributed by atoms with van der Waals surface area (Å²) < 4.78 is 0. The third kappa shape index (κ3) is 4.87. The van der Waals surface area contributed by atoms with Gasteiger partial charge in [-0.2, -0.15) is 17.0 Å². The number of nitrogens with two attached hydrogens (primary N) is 1. The number of likely N-dealkylation sites (tertiary alicyclic amines) is 1. The molecule has 0 bridgehead atoms. The fraction of sp³-hybridized carbons (Fsp3) is 0.846. The predicted molar refractivity (Wildman–Crippen MR) is 75.2 cm³/mol. The van der Waals surface area contributed by atoms with Gasteiger partial charge in [0.1, 0.15) is 5.54 Å². The molecule has 1 heterocycles. The molecule has 0 radical (unpaired) electrons. The molecule has 5 heteroatoms. The molecule has 0 aromatic rings. The first-order valence-corrected chi connectivity index (χ1v) is 7.82. The quantitative estimate of drug-likeness (QED) is 0.715. The number of amides is 1. The van der Waals surface area contributed by atoms with E-state index in [1.54, 1.807) is 11.8 Å². The zero-order chi connectivity index (χ0) is 13.4. The average Bonchev–Trinajstić information content (AvgIpc) is 2.91. The monoisotopic (exact) mass is 269 g/mol. The first-order valence-electron chi connectivity index (χ1n) is 6.67. The van der Waals surface area contributed by atoms with E-state index < -0.39 is 5.54 Å². The van der Waals surface area contributed by atoms with Gasteiger partial charge in [0.15, 0.2) is 0 Å². The minimum atomic E-state index is -0.681. The maximum atomic E-state index is 11.7. The third-order valence-electron chi connectivity index (χ3n) is 3.45. The van der Waals surface area contributed by atoms with Gasteiger partial charge in [0.25, 0.3) is 0 Å². The standard InChI is InChI=1S/C13H23N3OS/c1-2-13(15,11-14)6-5-9-18-10-12(17)16-7-3-4-8-16/h2-10,15H2,1H3. The largest absolute Gasteiger partial charge is 0.342 e. The van der Waals surface area contributed by atoms with Gasteiger partial charge in [0.05, 0.1) is 11.8 Å². The zero-order valence-corrected chi connectivity index (χ0v) is 12.0. The molecule has 4 nitrogen and oxygen atoms in total. The van der Waals surface area contributed by atoms with Crippen molar-refractivity contribution in [2.45, 2.75) is 44.6 Å². The second-order valence-corrected chi connectivity index (χ2v) is 5.97. The molecule has 1 rings (SSSR count). The molecule has 1 unspecified atom stereocenters. The Kier molecular flexibility index (Phi) is 6.51. The number of rotatable bonds is 7. The first kappa shape index (κ1) is 15.3. The highest BCUT2D eigenvalue weighted by Gasteiger charge is 2.21. The predicted octanol–water partition coefficient (Wildman–Crippen LogP) is 1.75. The van der Waals surface area contributed by atoms with E-state index >= 15 is 0 Å². The summed E-state index contributed by atoms with van der Waals surface area (Å²) in [6, 6.07) is 2.17. The van der Waals surface area contributed by atoms with Crippen molar-refractivity contribution in [3.63, 3.8) is 0 Å². The van der Waals surface area contributed by atoms with Gasteiger partial charge in [-0.05, 0) is 37.9 Å². The van der Waals surface area contributed by atoms with Crippen molar-refractivity contribution in [2.24, 2.45) is 5.73 Å². The molecular weight excluding hydrogens is 246 g/mol. The minimum Gasteiger partial charge on any atom is -0.342 e. The Bertz CT molecular complexity index is 310. The minimum absolute atomic E-state index is 0.257. The highest BCUT2D eigenvalue weighted by atomic mass is 32.2. The van der Waals surface area contributed by atoms with E-state index in [2.05, 4.69) is 6.07 Å². The molecule has 0 aromatic carbocycles. The molecule has 1 aliphatic rings. The lowest BCUT2D eigenvalue weighted by Crippen LogP contribution is -2.37. The van der Waals surface area contributed by atoms with Gasteiger partial charge in [-0.15, -0.1) is 0 Å². The fourth-order valence-corrected chi connectivity index (χ4v) is 2.87. The number of thioether (sulfide) groups is 1. The van der Waals surface area contributed by atoms with Gasteiger partial charge < -0.3 is 10.6 Å². The lowest BCUT2D eigenvalue weighted by molar-refractivity contribution is -0.127. The second-order valence-electron chi connectivity index (χ2n) is 4.87. The Morgan fingerprint density at radius 2 is 2.17 bits per heavy atom. The Hall–Kier alpha value is -0.730. The maximum Gasteiger partial charge on any atom is 0.232 e. The summed E-state index contributed by atoms with van der Waals surface area (Å²) in [4.78, 5) is 13.7. The number of carbonyl (C=O) groups excluding carboxylic acids is 1. The van der Waals surface area contributed by atoms with Crippen LogP contribution in [-0.4, -0.2) is 40.9 Å². The van der Waals surface area contributed by atoms with Crippen LogP contribution in [0.4, 0.5) is 0 Å². The summed E-state index contributed by atoms with van der Waals surface area (Å²) in [6.45, 7) is 3.79. The summed E-state index contributed by atoms with van der Waals surface area (Å²) in [5.74, 6) is 1.73. The van der Waals surface area contributed by atoms with Gasteiger partial charge in [-0.3, -0.25) is 4.79 Å². The highest BCUT2D eigenvalue weighted by molar-refractivity contribution is 7.99. The number of hydrogen-bond donors (Lipinski definition) is 1. The Morgan fingerprint density at radius 3 is 2.72 bits per heavy atom. The van der Waals surface area contributed by atoms with E-state index in [9.17, 15) is 4.79 Å². The van der Waals surface area contributed by atoms with E-state index in [1.165, 1.54) is 0 Å². The normalized spacial score (nSPS) is 18.4. The Labute approximate surface area is 114 Å². The first-order chi connectivity index (χ1) is 8.61. The van der Waals surface area contributed by atoms with Crippen LogP contribution in [0.1, 0.15) is 39.0 Å². The molecule has 1 fully saturated rings. The molecular formula is C13H23N3OS. The van der Waals surface area contributed by atoms with E-state index in [-0.39, 0.29) is 5.91 Å². The fourth-order valence-electron chi connectivity index (χ4n) is 2.02. The topological polar surface area (TPSA) is 70.1 Å². The number of nitrogens with zero attached hydrogens (tertiary/aromatic N) is 2. The summed E-state index contributed by atoms with van der Waals surface area (Å²) in [6.07, 6.45) is 4.58. The molecule has 1 atom stereocenters. The highest BCUT2D eigenvalue weighted by Crippen LogP contribution is 2.16. The van der Waals surface area contributed by atoms with Crippen molar-refractivity contribution in [3.8, 4) is 6.07 Å². The molecule has 0 saturated carbocycles. The molecule has 0 aliphatic carbocycles. The Balaban J connectivity index is 2.08. The smallest absolute Gasteiger partial charge is 0.232 e. The van der Waals surface area contributed by atoms with Crippen LogP contribution in [0.15, 0.2) is 0 Å². The van der Waals surface area contributed by atoms with Gasteiger partial charge in [-0.1, -0.05) is 6.92 Å². The van der Waals surface area contributed by atoms with Crippen LogP contribution in [0.5, 0.6) is 0 Å². The molecule has 1 saturated heterocycles. The number of carbonyl (C=O) groups is 1. The van der Waals surface area contributed by atoms with Gasteiger partial charge in [0, 0.05) is 13.1 Å². The molecule has 18 heavy (non-hydrogen) atoms. The third-order valence-corrected chi connectivity index (χ3v) is 4.48. The van der Waals surface area contributed by atoms with Crippen molar-refractivity contribution in [2.75, 3.05) is 24.6 Å².